The number of nitrogens with one attached hydrogen (secondary N) is 1. The Morgan fingerprint density at radius 1 is 1.79 bits per heavy atom. The summed E-state index contributed by atoms with van der Waals surface area (Å²) in [4.78, 5) is 10.9. The first-order chi connectivity index (χ1) is 6.70. The summed E-state index contributed by atoms with van der Waals surface area (Å²) >= 11 is 0. The molecule has 0 saturated heterocycles. The molecule has 1 heterocycles. The SMILES string of the molecule is CC(C(=O)O)C1CCCc2cn[nH]c21. The molecule has 76 valence electrons. The van der Waals surface area contributed by atoms with Crippen molar-refractivity contribution in [1.82, 2.24) is 10.2 Å². The first-order valence-electron chi connectivity index (χ1n) is 4.95. The minimum absolute atomic E-state index is 0.110. The largest absolute Gasteiger partial charge is 0.481 e. The maximum atomic E-state index is 10.9. The van der Waals surface area contributed by atoms with Crippen molar-refractivity contribution >= 4 is 5.97 Å². The van der Waals surface area contributed by atoms with Gasteiger partial charge in [-0.05, 0) is 24.8 Å². The second-order valence-electron chi connectivity index (χ2n) is 3.93. The number of aryl methyl sites for hydroxylation is 1. The van der Waals surface area contributed by atoms with Crippen LogP contribution in [0.1, 0.15) is 36.9 Å². The van der Waals surface area contributed by atoms with Crippen LogP contribution in [0.25, 0.3) is 0 Å². The Morgan fingerprint density at radius 2 is 2.57 bits per heavy atom. The lowest BCUT2D eigenvalue weighted by molar-refractivity contribution is -0.142. The van der Waals surface area contributed by atoms with Crippen molar-refractivity contribution in [2.45, 2.75) is 32.1 Å². The lowest BCUT2D eigenvalue weighted by atomic mass is 9.80. The lowest BCUT2D eigenvalue weighted by Gasteiger charge is -2.24. The number of nitrogens with zero attached hydrogens (tertiary/aromatic N) is 1. The van der Waals surface area contributed by atoms with Gasteiger partial charge in [0, 0.05) is 11.6 Å². The number of aromatic nitrogens is 2. The Kier molecular flexibility index (Phi) is 2.27. The second kappa shape index (κ2) is 3.44. The molecule has 4 nitrogen and oxygen atoms in total. The molecule has 4 heteroatoms. The third-order valence-corrected chi connectivity index (χ3v) is 3.08. The number of aromatic amines is 1. The molecule has 0 aromatic carbocycles. The predicted molar refractivity (Wildman–Crippen MR) is 51.1 cm³/mol. The molecule has 2 unspecified atom stereocenters. The number of carboxylic acids is 1. The van der Waals surface area contributed by atoms with Crippen LogP contribution >= 0.6 is 0 Å². The summed E-state index contributed by atoms with van der Waals surface area (Å²) in [6.45, 7) is 1.77. The number of aliphatic carboxylic acids is 1. The second-order valence-corrected chi connectivity index (χ2v) is 3.93. The van der Waals surface area contributed by atoms with Gasteiger partial charge in [-0.25, -0.2) is 0 Å². The van der Waals surface area contributed by atoms with Crippen molar-refractivity contribution in [3.8, 4) is 0 Å². The van der Waals surface area contributed by atoms with Crippen LogP contribution in [0, 0.1) is 5.92 Å². The highest BCUT2D eigenvalue weighted by molar-refractivity contribution is 5.71. The first-order valence-corrected chi connectivity index (χ1v) is 4.95. The van der Waals surface area contributed by atoms with Gasteiger partial charge in [-0.2, -0.15) is 5.10 Å². The normalized spacial score (nSPS) is 22.8. The number of hydrogen-bond acceptors (Lipinski definition) is 2. The van der Waals surface area contributed by atoms with Crippen LogP contribution in [0.4, 0.5) is 0 Å². The zero-order valence-corrected chi connectivity index (χ0v) is 8.16. The van der Waals surface area contributed by atoms with Gasteiger partial charge in [-0.15, -0.1) is 0 Å². The fourth-order valence-corrected chi connectivity index (χ4v) is 2.17. The summed E-state index contributed by atoms with van der Waals surface area (Å²) in [5.74, 6) is -0.939. The fourth-order valence-electron chi connectivity index (χ4n) is 2.17. The van der Waals surface area contributed by atoms with Gasteiger partial charge in [-0.1, -0.05) is 6.92 Å². The van der Waals surface area contributed by atoms with Gasteiger partial charge < -0.3 is 5.11 Å². The Morgan fingerprint density at radius 3 is 3.29 bits per heavy atom. The molecule has 1 aromatic heterocycles. The topological polar surface area (TPSA) is 66.0 Å². The summed E-state index contributed by atoms with van der Waals surface area (Å²) in [7, 11) is 0. The Labute approximate surface area is 82.3 Å². The van der Waals surface area contributed by atoms with Gasteiger partial charge in [-0.3, -0.25) is 9.89 Å². The quantitative estimate of drug-likeness (QED) is 0.750. The Balaban J connectivity index is 2.28. The summed E-state index contributed by atoms with van der Waals surface area (Å²) in [6, 6.07) is 0. The molecule has 14 heavy (non-hydrogen) atoms. The Bertz CT molecular complexity index is 346. The molecule has 0 radical (unpaired) electrons. The van der Waals surface area contributed by atoms with E-state index in [2.05, 4.69) is 10.2 Å². The smallest absolute Gasteiger partial charge is 0.306 e. The van der Waals surface area contributed by atoms with E-state index >= 15 is 0 Å². The monoisotopic (exact) mass is 194 g/mol. The van der Waals surface area contributed by atoms with Crippen LogP contribution in [0.3, 0.4) is 0 Å². The van der Waals surface area contributed by atoms with E-state index in [4.69, 9.17) is 5.11 Å². The van der Waals surface area contributed by atoms with E-state index in [9.17, 15) is 4.79 Å². The Hall–Kier alpha value is -1.32. The van der Waals surface area contributed by atoms with Crippen molar-refractivity contribution in [3.05, 3.63) is 17.5 Å². The average molecular weight is 194 g/mol. The molecule has 0 bridgehead atoms. The lowest BCUT2D eigenvalue weighted by Crippen LogP contribution is -2.22. The highest BCUT2D eigenvalue weighted by atomic mass is 16.4. The van der Waals surface area contributed by atoms with Gasteiger partial charge in [0.15, 0.2) is 0 Å². The molecule has 2 rings (SSSR count). The number of fused-ring (bicyclic) bond motifs is 1. The molecule has 0 spiro atoms. The van der Waals surface area contributed by atoms with Gasteiger partial charge in [0.1, 0.15) is 0 Å². The minimum atomic E-state index is -0.725. The maximum Gasteiger partial charge on any atom is 0.306 e. The molecule has 0 saturated carbocycles. The number of rotatable bonds is 2. The van der Waals surface area contributed by atoms with Crippen molar-refractivity contribution in [2.75, 3.05) is 0 Å². The minimum Gasteiger partial charge on any atom is -0.481 e. The van der Waals surface area contributed by atoms with Crippen molar-refractivity contribution in [3.63, 3.8) is 0 Å². The molecule has 1 aliphatic carbocycles. The van der Waals surface area contributed by atoms with E-state index in [1.807, 2.05) is 6.20 Å². The number of hydrogen-bond donors (Lipinski definition) is 2. The number of H-pyrrole nitrogens is 1. The van der Waals surface area contributed by atoms with Gasteiger partial charge in [0.05, 0.1) is 12.1 Å². The molecular weight excluding hydrogens is 180 g/mol. The van der Waals surface area contributed by atoms with Crippen molar-refractivity contribution < 1.29 is 9.90 Å². The van der Waals surface area contributed by atoms with E-state index in [0.717, 1.165) is 25.0 Å². The van der Waals surface area contributed by atoms with E-state index < -0.39 is 5.97 Å². The van der Waals surface area contributed by atoms with E-state index in [1.165, 1.54) is 5.56 Å². The number of carbonyl (C=O) groups is 1. The van der Waals surface area contributed by atoms with Crippen molar-refractivity contribution in [1.29, 1.82) is 0 Å². The van der Waals surface area contributed by atoms with E-state index in [1.54, 1.807) is 6.92 Å². The van der Waals surface area contributed by atoms with E-state index in [-0.39, 0.29) is 11.8 Å². The molecular formula is C10H14N2O2. The van der Waals surface area contributed by atoms with Gasteiger partial charge >= 0.3 is 5.97 Å². The molecule has 2 atom stereocenters. The molecule has 2 N–H and O–H groups in total. The molecule has 1 aromatic rings. The highest BCUT2D eigenvalue weighted by Gasteiger charge is 2.30. The molecule has 0 amide bonds. The molecule has 0 fully saturated rings. The van der Waals surface area contributed by atoms with Gasteiger partial charge in [0.2, 0.25) is 0 Å². The average Bonchev–Trinajstić information content (AvgIpc) is 2.63. The van der Waals surface area contributed by atoms with Crippen LogP contribution in [0.5, 0.6) is 0 Å². The van der Waals surface area contributed by atoms with Crippen LogP contribution in [-0.2, 0) is 11.2 Å². The zero-order valence-electron chi connectivity index (χ0n) is 8.16. The summed E-state index contributed by atoms with van der Waals surface area (Å²) in [5, 5.41) is 15.9. The summed E-state index contributed by atoms with van der Waals surface area (Å²) in [5.41, 5.74) is 2.22. The standard InChI is InChI=1S/C10H14N2O2/c1-6(10(13)14)8-4-2-3-7-5-11-12-9(7)8/h5-6,8H,2-4H2,1H3,(H,11,12)(H,13,14). The molecule has 1 aliphatic rings. The van der Waals surface area contributed by atoms with Crippen LogP contribution in [0.2, 0.25) is 0 Å². The molecule has 0 aliphatic heterocycles. The number of carboxylic acid groups (broad SMARTS) is 1. The van der Waals surface area contributed by atoms with Crippen LogP contribution in [0.15, 0.2) is 6.20 Å². The van der Waals surface area contributed by atoms with Crippen molar-refractivity contribution in [2.24, 2.45) is 5.92 Å². The predicted octanol–water partition coefficient (Wildman–Crippen LogP) is 1.55. The van der Waals surface area contributed by atoms with Crippen LogP contribution in [-0.4, -0.2) is 21.3 Å². The summed E-state index contributed by atoms with van der Waals surface area (Å²) < 4.78 is 0. The fraction of sp³-hybridized carbons (Fsp3) is 0.600. The maximum absolute atomic E-state index is 10.9. The van der Waals surface area contributed by atoms with Gasteiger partial charge in [0.25, 0.3) is 0 Å². The zero-order chi connectivity index (χ0) is 10.1. The summed E-state index contributed by atoms with van der Waals surface area (Å²) in [6.07, 6.45) is 4.85. The highest BCUT2D eigenvalue weighted by Crippen LogP contribution is 2.35. The first kappa shape index (κ1) is 9.24. The third kappa shape index (κ3) is 1.41. The van der Waals surface area contributed by atoms with Crippen LogP contribution < -0.4 is 0 Å². The van der Waals surface area contributed by atoms with E-state index in [0.29, 0.717) is 0 Å². The third-order valence-electron chi connectivity index (χ3n) is 3.08.